The minimum absolute atomic E-state index is 0.217. The van der Waals surface area contributed by atoms with Crippen LogP contribution < -0.4 is 5.32 Å². The van der Waals surface area contributed by atoms with Crippen LogP contribution in [-0.2, 0) is 11.3 Å². The van der Waals surface area contributed by atoms with Crippen molar-refractivity contribution in [2.24, 2.45) is 11.3 Å². The summed E-state index contributed by atoms with van der Waals surface area (Å²) in [6.45, 7) is 6.78. The minimum Gasteiger partial charge on any atom is -0.339 e. The van der Waals surface area contributed by atoms with E-state index in [1.807, 2.05) is 22.8 Å². The van der Waals surface area contributed by atoms with Gasteiger partial charge in [-0.15, -0.1) is 11.3 Å². The Morgan fingerprint density at radius 1 is 1.63 bits per heavy atom. The van der Waals surface area contributed by atoms with Crippen LogP contribution in [0.2, 0.25) is 0 Å². The molecule has 1 fully saturated rings. The molecule has 0 aromatic carbocycles. The number of nitrogens with one attached hydrogen (secondary N) is 1. The van der Waals surface area contributed by atoms with Gasteiger partial charge in [0.15, 0.2) is 0 Å². The number of aromatic nitrogens is 1. The molecule has 1 aromatic heterocycles. The molecule has 2 heterocycles. The van der Waals surface area contributed by atoms with E-state index in [-0.39, 0.29) is 11.3 Å². The van der Waals surface area contributed by atoms with Crippen molar-refractivity contribution in [3.05, 3.63) is 16.6 Å². The highest BCUT2D eigenvalue weighted by Gasteiger charge is 2.38. The van der Waals surface area contributed by atoms with Crippen molar-refractivity contribution in [1.82, 2.24) is 15.2 Å². The van der Waals surface area contributed by atoms with Crippen LogP contribution in [0.25, 0.3) is 0 Å². The zero-order valence-corrected chi connectivity index (χ0v) is 12.8. The first-order valence-electron chi connectivity index (χ1n) is 6.85. The van der Waals surface area contributed by atoms with Crippen LogP contribution in [0, 0.1) is 11.3 Å². The third kappa shape index (κ3) is 3.34. The molecule has 1 saturated heterocycles. The van der Waals surface area contributed by atoms with Crippen molar-refractivity contribution in [1.29, 1.82) is 0 Å². The number of thiazole rings is 1. The van der Waals surface area contributed by atoms with Crippen LogP contribution >= 0.6 is 11.3 Å². The summed E-state index contributed by atoms with van der Waals surface area (Å²) in [6.07, 6.45) is 2.30. The summed E-state index contributed by atoms with van der Waals surface area (Å²) in [5, 5.41) is 5.40. The molecular weight excluding hydrogens is 258 g/mol. The first-order chi connectivity index (χ1) is 9.01. The lowest BCUT2D eigenvalue weighted by Gasteiger charge is -2.38. The number of hydrogen-bond donors (Lipinski definition) is 1. The van der Waals surface area contributed by atoms with Gasteiger partial charge in [-0.1, -0.05) is 13.8 Å². The zero-order chi connectivity index (χ0) is 13.9. The second-order valence-corrected chi connectivity index (χ2v) is 6.62. The molecule has 5 heteroatoms. The summed E-state index contributed by atoms with van der Waals surface area (Å²) < 4.78 is 0. The molecule has 0 spiro atoms. The third-order valence-corrected chi connectivity index (χ3v) is 4.73. The molecule has 2 rings (SSSR count). The molecule has 19 heavy (non-hydrogen) atoms. The van der Waals surface area contributed by atoms with Gasteiger partial charge in [0.2, 0.25) is 5.91 Å². The lowest BCUT2D eigenvalue weighted by atomic mass is 9.74. The van der Waals surface area contributed by atoms with Gasteiger partial charge in [-0.05, 0) is 31.8 Å². The molecular formula is C14H23N3OS. The van der Waals surface area contributed by atoms with E-state index in [9.17, 15) is 4.79 Å². The predicted octanol–water partition coefficient (Wildman–Crippen LogP) is 2.13. The second-order valence-electron chi connectivity index (χ2n) is 5.91. The smallest absolute Gasteiger partial charge is 0.228 e. The van der Waals surface area contributed by atoms with Crippen molar-refractivity contribution >= 4 is 17.2 Å². The van der Waals surface area contributed by atoms with E-state index < -0.39 is 0 Å². The molecule has 1 amide bonds. The van der Waals surface area contributed by atoms with Crippen LogP contribution in [-0.4, -0.2) is 35.9 Å². The fraction of sp³-hybridized carbons (Fsp3) is 0.714. The van der Waals surface area contributed by atoms with Crippen molar-refractivity contribution in [3.63, 3.8) is 0 Å². The van der Waals surface area contributed by atoms with Crippen molar-refractivity contribution in [3.8, 4) is 0 Å². The van der Waals surface area contributed by atoms with Crippen LogP contribution in [0.5, 0.6) is 0 Å². The molecule has 0 bridgehead atoms. The molecule has 1 aliphatic rings. The van der Waals surface area contributed by atoms with E-state index in [1.165, 1.54) is 0 Å². The summed E-state index contributed by atoms with van der Waals surface area (Å²) >= 11 is 1.57. The van der Waals surface area contributed by atoms with Gasteiger partial charge in [0.25, 0.3) is 0 Å². The third-order valence-electron chi connectivity index (χ3n) is 4.10. The molecule has 4 nitrogen and oxygen atoms in total. The lowest BCUT2D eigenvalue weighted by Crippen LogP contribution is -2.47. The topological polar surface area (TPSA) is 45.2 Å². The van der Waals surface area contributed by atoms with Crippen LogP contribution in [0.15, 0.2) is 10.9 Å². The average molecular weight is 281 g/mol. The lowest BCUT2D eigenvalue weighted by molar-refractivity contribution is -0.143. The quantitative estimate of drug-likeness (QED) is 0.919. The maximum absolute atomic E-state index is 12.7. The fourth-order valence-electron chi connectivity index (χ4n) is 2.76. The first kappa shape index (κ1) is 14.5. The monoisotopic (exact) mass is 281 g/mol. The Morgan fingerprint density at radius 2 is 2.42 bits per heavy atom. The number of amides is 1. The highest BCUT2D eigenvalue weighted by molar-refractivity contribution is 7.07. The zero-order valence-electron chi connectivity index (χ0n) is 12.0. The van der Waals surface area contributed by atoms with E-state index in [4.69, 9.17) is 0 Å². The van der Waals surface area contributed by atoms with Crippen LogP contribution in [0.3, 0.4) is 0 Å². The summed E-state index contributed by atoms with van der Waals surface area (Å²) in [5.74, 6) is 0.640. The molecule has 1 unspecified atom stereocenters. The van der Waals surface area contributed by atoms with E-state index in [1.54, 1.807) is 11.3 Å². The Bertz CT molecular complexity index is 410. The summed E-state index contributed by atoms with van der Waals surface area (Å²) in [7, 11) is 1.87. The Balaban J connectivity index is 2.00. The number of rotatable bonds is 4. The van der Waals surface area contributed by atoms with Gasteiger partial charge in [-0.25, -0.2) is 4.98 Å². The average Bonchev–Trinajstić information content (AvgIpc) is 2.91. The number of hydrogen-bond acceptors (Lipinski definition) is 4. The Labute approximate surface area is 119 Å². The van der Waals surface area contributed by atoms with Gasteiger partial charge in [-0.2, -0.15) is 0 Å². The first-order valence-corrected chi connectivity index (χ1v) is 7.79. The van der Waals surface area contributed by atoms with Crippen molar-refractivity contribution in [2.45, 2.75) is 33.2 Å². The van der Waals surface area contributed by atoms with Gasteiger partial charge in [-0.3, -0.25) is 4.79 Å². The highest BCUT2D eigenvalue weighted by atomic mass is 32.1. The molecule has 0 radical (unpaired) electrons. The fourth-order valence-corrected chi connectivity index (χ4v) is 3.31. The highest BCUT2D eigenvalue weighted by Crippen LogP contribution is 2.33. The standard InChI is InChI=1S/C14H23N3OS/c1-14(2,11-5-4-6-15-7-11)13(18)17(3)8-12-9-19-10-16-12/h9-11,15H,4-8H2,1-3H3. The number of carbonyl (C=O) groups is 1. The Morgan fingerprint density at radius 3 is 3.00 bits per heavy atom. The van der Waals surface area contributed by atoms with Gasteiger partial charge >= 0.3 is 0 Å². The van der Waals surface area contributed by atoms with Crippen LogP contribution in [0.4, 0.5) is 0 Å². The molecule has 106 valence electrons. The molecule has 0 aliphatic carbocycles. The van der Waals surface area contributed by atoms with E-state index in [0.29, 0.717) is 12.5 Å². The van der Waals surface area contributed by atoms with Crippen molar-refractivity contribution in [2.75, 3.05) is 20.1 Å². The Hall–Kier alpha value is -0.940. The SMILES string of the molecule is CN(Cc1cscn1)C(=O)C(C)(C)C1CCCNC1. The van der Waals surface area contributed by atoms with Gasteiger partial charge in [0.05, 0.1) is 17.7 Å². The molecule has 1 atom stereocenters. The largest absolute Gasteiger partial charge is 0.339 e. The van der Waals surface area contributed by atoms with E-state index in [0.717, 1.165) is 31.6 Å². The summed E-state index contributed by atoms with van der Waals surface area (Å²) in [6, 6.07) is 0. The van der Waals surface area contributed by atoms with Gasteiger partial charge in [0.1, 0.15) is 0 Å². The normalized spacial score (nSPS) is 20.3. The molecule has 1 aromatic rings. The van der Waals surface area contributed by atoms with E-state index >= 15 is 0 Å². The molecule has 0 saturated carbocycles. The summed E-state index contributed by atoms with van der Waals surface area (Å²) in [4.78, 5) is 18.7. The maximum Gasteiger partial charge on any atom is 0.228 e. The number of nitrogens with zero attached hydrogens (tertiary/aromatic N) is 2. The maximum atomic E-state index is 12.7. The Kier molecular flexibility index (Phi) is 4.58. The molecule has 1 N–H and O–H groups in total. The predicted molar refractivity (Wildman–Crippen MR) is 78.0 cm³/mol. The second kappa shape index (κ2) is 6.01. The number of piperidine rings is 1. The van der Waals surface area contributed by atoms with Crippen LogP contribution in [0.1, 0.15) is 32.4 Å². The minimum atomic E-state index is -0.307. The number of carbonyl (C=O) groups excluding carboxylic acids is 1. The molecule has 1 aliphatic heterocycles. The van der Waals surface area contributed by atoms with E-state index in [2.05, 4.69) is 24.1 Å². The van der Waals surface area contributed by atoms with Crippen molar-refractivity contribution < 1.29 is 4.79 Å². The van der Waals surface area contributed by atoms with Gasteiger partial charge < -0.3 is 10.2 Å². The van der Waals surface area contributed by atoms with Gasteiger partial charge in [0, 0.05) is 17.8 Å². The summed E-state index contributed by atoms with van der Waals surface area (Å²) in [5.41, 5.74) is 2.47.